The molecular weight excluding hydrogens is 446 g/mol. The fourth-order valence-electron chi connectivity index (χ4n) is 5.26. The maximum Gasteiger partial charge on any atom is 0.410 e. The first kappa shape index (κ1) is 25.0. The second-order valence-electron chi connectivity index (χ2n) is 9.66. The van der Waals surface area contributed by atoms with E-state index in [1.807, 2.05) is 35.2 Å². The highest BCUT2D eigenvalue weighted by Crippen LogP contribution is 2.27. The van der Waals surface area contributed by atoms with Crippen LogP contribution in [-0.4, -0.2) is 84.0 Å². The van der Waals surface area contributed by atoms with E-state index in [2.05, 4.69) is 11.4 Å². The first-order valence-electron chi connectivity index (χ1n) is 12.7. The maximum absolute atomic E-state index is 13.0. The zero-order valence-electron chi connectivity index (χ0n) is 20.2. The molecule has 0 unspecified atom stereocenters. The zero-order valence-corrected chi connectivity index (χ0v) is 20.2. The van der Waals surface area contributed by atoms with Crippen LogP contribution in [0, 0.1) is 17.2 Å². The number of likely N-dealkylation sites (tertiary alicyclic amines) is 1. The number of ether oxygens (including phenoxy) is 1. The third-order valence-corrected chi connectivity index (χ3v) is 7.40. The van der Waals surface area contributed by atoms with E-state index in [0.717, 1.165) is 44.1 Å². The van der Waals surface area contributed by atoms with Gasteiger partial charge in [0, 0.05) is 44.7 Å². The molecule has 1 saturated carbocycles. The maximum atomic E-state index is 13.0. The molecule has 1 N–H and O–H groups in total. The molecule has 1 aromatic carbocycles. The van der Waals surface area contributed by atoms with Gasteiger partial charge in [0.1, 0.15) is 12.6 Å². The normalized spacial score (nSPS) is 24.7. The summed E-state index contributed by atoms with van der Waals surface area (Å²) in [6.45, 7) is 3.20. The largest absolute Gasteiger partial charge is 0.445 e. The Morgan fingerprint density at radius 1 is 0.943 bits per heavy atom. The lowest BCUT2D eigenvalue weighted by atomic mass is 9.85. The monoisotopic (exact) mass is 481 g/mol. The van der Waals surface area contributed by atoms with Crippen molar-refractivity contribution in [3.8, 4) is 6.07 Å². The van der Waals surface area contributed by atoms with Gasteiger partial charge in [0.2, 0.25) is 11.8 Å². The standard InChI is InChI=1S/C26H35N5O4/c27-17-23-7-4-12-31(23)24(32)18-28-22-10-8-21(9-11-22)25(33)29-13-15-30(16-14-29)26(34)35-19-20-5-2-1-3-6-20/h1-3,5-6,21-23,28H,4,7-16,18-19H2/t21-,22-,23-/m0/s1. The predicted molar refractivity (Wildman–Crippen MR) is 129 cm³/mol. The summed E-state index contributed by atoms with van der Waals surface area (Å²) in [5.74, 6) is 0.167. The van der Waals surface area contributed by atoms with E-state index in [0.29, 0.717) is 32.7 Å². The van der Waals surface area contributed by atoms with Crippen molar-refractivity contribution >= 4 is 17.9 Å². The molecular formula is C26H35N5O4. The van der Waals surface area contributed by atoms with Crippen LogP contribution < -0.4 is 5.32 Å². The van der Waals surface area contributed by atoms with Crippen LogP contribution in [0.3, 0.4) is 0 Å². The predicted octanol–water partition coefficient (Wildman–Crippen LogP) is 2.13. The molecule has 0 radical (unpaired) electrons. The molecule has 1 aromatic rings. The molecule has 0 aromatic heterocycles. The number of rotatable bonds is 6. The molecule has 35 heavy (non-hydrogen) atoms. The number of piperazine rings is 1. The van der Waals surface area contributed by atoms with E-state index < -0.39 is 0 Å². The Morgan fingerprint density at radius 3 is 2.31 bits per heavy atom. The minimum Gasteiger partial charge on any atom is -0.445 e. The van der Waals surface area contributed by atoms with Crippen molar-refractivity contribution in [2.75, 3.05) is 39.3 Å². The quantitative estimate of drug-likeness (QED) is 0.667. The lowest BCUT2D eigenvalue weighted by molar-refractivity contribution is -0.138. The van der Waals surface area contributed by atoms with Crippen molar-refractivity contribution < 1.29 is 19.1 Å². The van der Waals surface area contributed by atoms with Gasteiger partial charge in [0.05, 0.1) is 12.6 Å². The highest BCUT2D eigenvalue weighted by atomic mass is 16.6. The highest BCUT2D eigenvalue weighted by Gasteiger charge is 2.33. The molecule has 1 atom stereocenters. The van der Waals surface area contributed by atoms with Crippen molar-refractivity contribution in [3.05, 3.63) is 35.9 Å². The molecule has 3 aliphatic rings. The van der Waals surface area contributed by atoms with Crippen LogP contribution in [0.4, 0.5) is 4.79 Å². The molecule has 1 aliphatic carbocycles. The molecule has 188 valence electrons. The van der Waals surface area contributed by atoms with Gasteiger partial charge in [0.25, 0.3) is 0 Å². The van der Waals surface area contributed by atoms with E-state index in [-0.39, 0.29) is 49.1 Å². The summed E-state index contributed by atoms with van der Waals surface area (Å²) in [5, 5.41) is 12.5. The molecule has 2 aliphatic heterocycles. The first-order valence-corrected chi connectivity index (χ1v) is 12.7. The number of carbonyl (C=O) groups is 3. The van der Waals surface area contributed by atoms with Gasteiger partial charge in [0.15, 0.2) is 0 Å². The third kappa shape index (κ3) is 6.51. The Hall–Kier alpha value is -3.12. The molecule has 0 bridgehead atoms. The lowest BCUT2D eigenvalue weighted by Crippen LogP contribution is -2.52. The van der Waals surface area contributed by atoms with Gasteiger partial charge in [-0.3, -0.25) is 9.59 Å². The number of carbonyl (C=O) groups excluding carboxylic acids is 3. The molecule has 9 nitrogen and oxygen atoms in total. The average molecular weight is 482 g/mol. The lowest BCUT2D eigenvalue weighted by Gasteiger charge is -2.37. The number of nitriles is 1. The second kappa shape index (κ2) is 12.0. The van der Waals surface area contributed by atoms with Crippen LogP contribution in [0.1, 0.15) is 44.1 Å². The second-order valence-corrected chi connectivity index (χ2v) is 9.66. The van der Waals surface area contributed by atoms with Crippen LogP contribution in [0.15, 0.2) is 30.3 Å². The van der Waals surface area contributed by atoms with Crippen LogP contribution in [0.25, 0.3) is 0 Å². The van der Waals surface area contributed by atoms with E-state index >= 15 is 0 Å². The van der Waals surface area contributed by atoms with Crippen molar-refractivity contribution in [3.63, 3.8) is 0 Å². The van der Waals surface area contributed by atoms with Gasteiger partial charge in [-0.2, -0.15) is 5.26 Å². The molecule has 3 fully saturated rings. The Balaban J connectivity index is 1.13. The van der Waals surface area contributed by atoms with Crippen molar-refractivity contribution in [1.29, 1.82) is 5.26 Å². The first-order chi connectivity index (χ1) is 17.0. The van der Waals surface area contributed by atoms with Gasteiger partial charge in [-0.05, 0) is 44.1 Å². The zero-order chi connectivity index (χ0) is 24.6. The summed E-state index contributed by atoms with van der Waals surface area (Å²) in [7, 11) is 0. The third-order valence-electron chi connectivity index (χ3n) is 7.40. The van der Waals surface area contributed by atoms with Crippen LogP contribution in [-0.2, 0) is 20.9 Å². The summed E-state index contributed by atoms with van der Waals surface area (Å²) >= 11 is 0. The Kier molecular flexibility index (Phi) is 8.59. The van der Waals surface area contributed by atoms with Gasteiger partial charge in [-0.15, -0.1) is 0 Å². The van der Waals surface area contributed by atoms with E-state index in [1.165, 1.54) is 0 Å². The molecule has 9 heteroatoms. The molecule has 3 amide bonds. The van der Waals surface area contributed by atoms with Gasteiger partial charge >= 0.3 is 6.09 Å². The number of nitrogens with zero attached hydrogens (tertiary/aromatic N) is 4. The Morgan fingerprint density at radius 2 is 1.63 bits per heavy atom. The minimum atomic E-state index is -0.336. The highest BCUT2D eigenvalue weighted by molar-refractivity contribution is 5.80. The van der Waals surface area contributed by atoms with Crippen molar-refractivity contribution in [2.45, 2.75) is 57.2 Å². The van der Waals surface area contributed by atoms with Crippen molar-refractivity contribution in [1.82, 2.24) is 20.0 Å². The van der Waals surface area contributed by atoms with E-state index in [9.17, 15) is 19.6 Å². The fraction of sp³-hybridized carbons (Fsp3) is 0.615. The molecule has 2 saturated heterocycles. The Bertz CT molecular complexity index is 917. The van der Waals surface area contributed by atoms with Gasteiger partial charge in [-0.1, -0.05) is 30.3 Å². The smallest absolute Gasteiger partial charge is 0.410 e. The molecule has 0 spiro atoms. The summed E-state index contributed by atoms with van der Waals surface area (Å²) in [6, 6.07) is 11.7. The number of hydrogen-bond donors (Lipinski definition) is 1. The summed E-state index contributed by atoms with van der Waals surface area (Å²) in [6.07, 6.45) is 4.63. The number of amides is 3. The summed E-state index contributed by atoms with van der Waals surface area (Å²) in [4.78, 5) is 43.1. The number of benzene rings is 1. The number of nitrogens with one attached hydrogen (secondary N) is 1. The molecule has 2 heterocycles. The summed E-state index contributed by atoms with van der Waals surface area (Å²) in [5.41, 5.74) is 0.950. The fourth-order valence-corrected chi connectivity index (χ4v) is 5.26. The molecule has 4 rings (SSSR count). The summed E-state index contributed by atoms with van der Waals surface area (Å²) < 4.78 is 5.41. The van der Waals surface area contributed by atoms with Crippen molar-refractivity contribution in [2.24, 2.45) is 5.92 Å². The van der Waals surface area contributed by atoms with Crippen LogP contribution in [0.5, 0.6) is 0 Å². The number of hydrogen-bond acceptors (Lipinski definition) is 6. The van der Waals surface area contributed by atoms with E-state index in [1.54, 1.807) is 9.80 Å². The average Bonchev–Trinajstić information content (AvgIpc) is 3.40. The van der Waals surface area contributed by atoms with Gasteiger partial charge < -0.3 is 24.8 Å². The SMILES string of the molecule is N#C[C@@H]1CCCN1C(=O)CN[C@H]1CC[C@H](C(=O)N2CCN(C(=O)OCc3ccccc3)CC2)CC1. The Labute approximate surface area is 207 Å². The van der Waals surface area contributed by atoms with Crippen LogP contribution in [0.2, 0.25) is 0 Å². The van der Waals surface area contributed by atoms with E-state index in [4.69, 9.17) is 4.74 Å². The van der Waals surface area contributed by atoms with Crippen LogP contribution >= 0.6 is 0 Å². The van der Waals surface area contributed by atoms with Gasteiger partial charge in [-0.25, -0.2) is 4.79 Å². The minimum absolute atomic E-state index is 0.00175. The topological polar surface area (TPSA) is 106 Å².